The number of ether oxygens (including phenoxy) is 1. The predicted octanol–water partition coefficient (Wildman–Crippen LogP) is 5.50. The fourth-order valence-electron chi connectivity index (χ4n) is 3.90. The van der Waals surface area contributed by atoms with Crippen molar-refractivity contribution >= 4 is 11.6 Å². The van der Waals surface area contributed by atoms with Crippen LogP contribution in [-0.2, 0) is 10.2 Å². The first-order valence-corrected chi connectivity index (χ1v) is 10.1. The van der Waals surface area contributed by atoms with Crippen LogP contribution < -0.4 is 10.1 Å². The summed E-state index contributed by atoms with van der Waals surface area (Å²) in [5.41, 5.74) is 2.87. The quantitative estimate of drug-likeness (QED) is 0.649. The normalized spacial score (nSPS) is 15.0. The highest BCUT2D eigenvalue weighted by Gasteiger charge is 2.42. The van der Waals surface area contributed by atoms with E-state index in [0.717, 1.165) is 44.1 Å². The molecule has 1 amide bonds. The minimum atomic E-state index is -0.489. The van der Waals surface area contributed by atoms with Crippen LogP contribution in [0.3, 0.4) is 0 Å². The lowest BCUT2D eigenvalue weighted by Crippen LogP contribution is -2.38. The highest BCUT2D eigenvalue weighted by Crippen LogP contribution is 2.42. The summed E-state index contributed by atoms with van der Waals surface area (Å²) in [5.74, 6) is 0.584. The molecule has 1 saturated carbocycles. The molecule has 1 N–H and O–H groups in total. The van der Waals surface area contributed by atoms with Crippen molar-refractivity contribution < 1.29 is 9.53 Å². The zero-order chi connectivity index (χ0) is 20.0. The molecule has 1 aliphatic rings. The maximum atomic E-state index is 13.3. The number of amides is 1. The molecule has 0 aromatic heterocycles. The Morgan fingerprint density at radius 1 is 1.18 bits per heavy atom. The van der Waals surface area contributed by atoms with Crippen molar-refractivity contribution in [2.24, 2.45) is 0 Å². The predicted molar refractivity (Wildman–Crippen MR) is 112 cm³/mol. The lowest BCUT2D eigenvalue weighted by molar-refractivity contribution is -0.121. The first kappa shape index (κ1) is 19.9. The van der Waals surface area contributed by atoms with Gasteiger partial charge in [0.1, 0.15) is 11.8 Å². The molecule has 0 unspecified atom stereocenters. The average molecular weight is 377 g/mol. The van der Waals surface area contributed by atoms with Gasteiger partial charge in [0, 0.05) is 5.69 Å². The van der Waals surface area contributed by atoms with Crippen molar-refractivity contribution in [1.29, 1.82) is 5.26 Å². The third-order valence-corrected chi connectivity index (χ3v) is 5.61. The number of benzene rings is 2. The van der Waals surface area contributed by atoms with E-state index < -0.39 is 5.41 Å². The maximum Gasteiger partial charge on any atom is 0.235 e. The van der Waals surface area contributed by atoms with Crippen molar-refractivity contribution in [2.45, 2.75) is 57.8 Å². The van der Waals surface area contributed by atoms with Gasteiger partial charge in [0.2, 0.25) is 5.91 Å². The molecule has 0 bridgehead atoms. The molecular formula is C24H28N2O2. The van der Waals surface area contributed by atoms with E-state index in [9.17, 15) is 10.1 Å². The molecule has 2 aromatic rings. The summed E-state index contributed by atoms with van der Waals surface area (Å²) in [7, 11) is 0. The Morgan fingerprint density at radius 3 is 2.54 bits per heavy atom. The Kier molecular flexibility index (Phi) is 6.36. The third kappa shape index (κ3) is 4.20. The van der Waals surface area contributed by atoms with Crippen LogP contribution in [0.1, 0.15) is 62.1 Å². The van der Waals surface area contributed by atoms with E-state index in [1.165, 1.54) is 5.56 Å². The van der Waals surface area contributed by atoms with E-state index in [-0.39, 0.29) is 5.91 Å². The van der Waals surface area contributed by atoms with Crippen LogP contribution in [0.15, 0.2) is 42.5 Å². The van der Waals surface area contributed by atoms with Gasteiger partial charge in [-0.15, -0.1) is 0 Å². The number of aryl methyl sites for hydroxylation is 1. The van der Waals surface area contributed by atoms with E-state index in [1.807, 2.05) is 6.07 Å². The number of carbonyl (C=O) groups excluding carboxylic acids is 1. The van der Waals surface area contributed by atoms with E-state index >= 15 is 0 Å². The largest absolute Gasteiger partial charge is 0.492 e. The molecule has 0 spiro atoms. The Hall–Kier alpha value is -2.80. The SMILES string of the molecule is CCCCOc1ccc(NC(=O)C2(c3ccc(C)cc3)CCCC2)cc1C#N. The summed E-state index contributed by atoms with van der Waals surface area (Å²) in [6.07, 6.45) is 5.79. The Labute approximate surface area is 167 Å². The molecule has 146 valence electrons. The van der Waals surface area contributed by atoms with Gasteiger partial charge in [0.15, 0.2) is 0 Å². The molecule has 4 heteroatoms. The Morgan fingerprint density at radius 2 is 1.89 bits per heavy atom. The zero-order valence-electron chi connectivity index (χ0n) is 16.8. The summed E-state index contributed by atoms with van der Waals surface area (Å²) in [6, 6.07) is 15.8. The van der Waals surface area contributed by atoms with Gasteiger partial charge in [0.25, 0.3) is 0 Å². The van der Waals surface area contributed by atoms with Gasteiger partial charge in [0.05, 0.1) is 17.6 Å². The fourth-order valence-corrected chi connectivity index (χ4v) is 3.90. The first-order chi connectivity index (χ1) is 13.6. The first-order valence-electron chi connectivity index (χ1n) is 10.1. The van der Waals surface area contributed by atoms with E-state index in [4.69, 9.17) is 4.74 Å². The number of carbonyl (C=O) groups is 1. The molecule has 1 fully saturated rings. The summed E-state index contributed by atoms with van der Waals surface area (Å²) >= 11 is 0. The molecule has 4 nitrogen and oxygen atoms in total. The summed E-state index contributed by atoms with van der Waals surface area (Å²) in [6.45, 7) is 4.74. The topological polar surface area (TPSA) is 62.1 Å². The van der Waals surface area contributed by atoms with Gasteiger partial charge in [-0.2, -0.15) is 5.26 Å². The van der Waals surface area contributed by atoms with Crippen molar-refractivity contribution in [1.82, 2.24) is 0 Å². The van der Waals surface area contributed by atoms with Crippen LogP contribution in [-0.4, -0.2) is 12.5 Å². The molecule has 0 heterocycles. The van der Waals surface area contributed by atoms with Crippen LogP contribution in [0.2, 0.25) is 0 Å². The summed E-state index contributed by atoms with van der Waals surface area (Å²) in [5, 5.41) is 12.5. The van der Waals surface area contributed by atoms with Crippen LogP contribution >= 0.6 is 0 Å². The molecule has 0 saturated heterocycles. The number of unbranched alkanes of at least 4 members (excludes halogenated alkanes) is 1. The van der Waals surface area contributed by atoms with Crippen LogP contribution in [0.5, 0.6) is 5.75 Å². The Bertz CT molecular complexity index is 859. The van der Waals surface area contributed by atoms with E-state index in [0.29, 0.717) is 23.6 Å². The second-order valence-electron chi connectivity index (χ2n) is 7.63. The van der Waals surface area contributed by atoms with Crippen molar-refractivity contribution in [2.75, 3.05) is 11.9 Å². The minimum absolute atomic E-state index is 0.0115. The molecule has 0 aliphatic heterocycles. The van der Waals surface area contributed by atoms with Crippen LogP contribution in [0.25, 0.3) is 0 Å². The maximum absolute atomic E-state index is 13.3. The number of nitrogens with zero attached hydrogens (tertiary/aromatic N) is 1. The number of nitriles is 1. The number of hydrogen-bond acceptors (Lipinski definition) is 3. The third-order valence-electron chi connectivity index (χ3n) is 5.61. The van der Waals surface area contributed by atoms with Crippen molar-refractivity contribution in [3.05, 3.63) is 59.2 Å². The number of hydrogen-bond donors (Lipinski definition) is 1. The second kappa shape index (κ2) is 8.93. The molecular weight excluding hydrogens is 348 g/mol. The summed E-state index contributed by atoms with van der Waals surface area (Å²) in [4.78, 5) is 13.3. The molecule has 1 aliphatic carbocycles. The van der Waals surface area contributed by atoms with Crippen LogP contribution in [0, 0.1) is 18.3 Å². The fraction of sp³-hybridized carbons (Fsp3) is 0.417. The average Bonchev–Trinajstić information content (AvgIpc) is 3.21. The standard InChI is InChI=1S/C24H28N2O2/c1-3-4-15-28-22-12-11-21(16-19(22)17-25)26-23(27)24(13-5-6-14-24)20-9-7-18(2)8-10-20/h7-12,16H,3-6,13-15H2,1-2H3,(H,26,27). The molecule has 0 radical (unpaired) electrons. The van der Waals surface area contributed by atoms with Gasteiger partial charge >= 0.3 is 0 Å². The van der Waals surface area contributed by atoms with Gasteiger partial charge in [-0.3, -0.25) is 4.79 Å². The molecule has 2 aromatic carbocycles. The Balaban J connectivity index is 1.80. The zero-order valence-corrected chi connectivity index (χ0v) is 16.8. The van der Waals surface area contributed by atoms with Gasteiger partial charge in [-0.25, -0.2) is 0 Å². The monoisotopic (exact) mass is 376 g/mol. The number of rotatable bonds is 7. The number of nitrogens with one attached hydrogen (secondary N) is 1. The van der Waals surface area contributed by atoms with Crippen LogP contribution in [0.4, 0.5) is 5.69 Å². The lowest BCUT2D eigenvalue weighted by atomic mass is 9.77. The van der Waals surface area contributed by atoms with E-state index in [1.54, 1.807) is 12.1 Å². The molecule has 28 heavy (non-hydrogen) atoms. The second-order valence-corrected chi connectivity index (χ2v) is 7.63. The highest BCUT2D eigenvalue weighted by atomic mass is 16.5. The van der Waals surface area contributed by atoms with E-state index in [2.05, 4.69) is 49.5 Å². The van der Waals surface area contributed by atoms with Gasteiger partial charge in [-0.05, 0) is 49.9 Å². The van der Waals surface area contributed by atoms with Crippen molar-refractivity contribution in [3.8, 4) is 11.8 Å². The van der Waals surface area contributed by atoms with Gasteiger partial charge < -0.3 is 10.1 Å². The number of anilines is 1. The highest BCUT2D eigenvalue weighted by molar-refractivity contribution is 5.99. The van der Waals surface area contributed by atoms with Gasteiger partial charge in [-0.1, -0.05) is 56.0 Å². The molecule has 3 rings (SSSR count). The summed E-state index contributed by atoms with van der Waals surface area (Å²) < 4.78 is 5.69. The minimum Gasteiger partial charge on any atom is -0.492 e. The smallest absolute Gasteiger partial charge is 0.235 e. The molecule has 0 atom stereocenters. The van der Waals surface area contributed by atoms with Crippen molar-refractivity contribution in [3.63, 3.8) is 0 Å². The lowest BCUT2D eigenvalue weighted by Gasteiger charge is -2.28.